The summed E-state index contributed by atoms with van der Waals surface area (Å²) in [6.45, 7) is 11.0. The molecule has 0 atom stereocenters. The number of carboxylic acids is 1. The highest BCUT2D eigenvalue weighted by Crippen LogP contribution is 2.38. The Kier molecular flexibility index (Phi) is 6.89. The van der Waals surface area contributed by atoms with E-state index in [2.05, 4.69) is 9.83 Å². The molecule has 0 saturated carbocycles. The average Bonchev–Trinajstić information content (AvgIpc) is 3.35. The van der Waals surface area contributed by atoms with Crippen molar-refractivity contribution in [2.75, 3.05) is 0 Å². The third kappa shape index (κ3) is 5.43. The number of H-pyrrole nitrogens is 1. The predicted molar refractivity (Wildman–Crippen MR) is 148 cm³/mol. The lowest BCUT2D eigenvalue weighted by Crippen LogP contribution is -2.25. The molecule has 0 aliphatic rings. The van der Waals surface area contributed by atoms with E-state index in [-0.39, 0.29) is 17.9 Å². The van der Waals surface area contributed by atoms with Crippen LogP contribution < -0.4 is 10.3 Å². The summed E-state index contributed by atoms with van der Waals surface area (Å²) < 4.78 is 48.8. The number of fused-ring (bicyclic) bond motifs is 1. The monoisotopic (exact) mass is 557 g/mol. The Morgan fingerprint density at radius 3 is 2.34 bits per heavy atom. The van der Waals surface area contributed by atoms with Gasteiger partial charge in [-0.1, -0.05) is 23.8 Å². The Bertz CT molecular complexity index is 1910. The van der Waals surface area contributed by atoms with Crippen LogP contribution >= 0.6 is 0 Å². The molecule has 2 heterocycles. The first kappa shape index (κ1) is 27.3. The fourth-order valence-electron chi connectivity index (χ4n) is 4.67. The molecule has 2 N–H and O–H groups in total. The van der Waals surface area contributed by atoms with E-state index in [9.17, 15) is 27.9 Å². The zero-order chi connectivity index (χ0) is 29.5. The van der Waals surface area contributed by atoms with Gasteiger partial charge < -0.3 is 19.4 Å². The van der Waals surface area contributed by atoms with Gasteiger partial charge in [0, 0.05) is 16.6 Å². The second-order valence-corrected chi connectivity index (χ2v) is 9.59. The van der Waals surface area contributed by atoms with E-state index in [1.165, 1.54) is 22.8 Å². The van der Waals surface area contributed by atoms with Gasteiger partial charge in [-0.05, 0) is 85.1 Å². The van der Waals surface area contributed by atoms with Gasteiger partial charge in [0.25, 0.3) is 11.2 Å². The van der Waals surface area contributed by atoms with Gasteiger partial charge in [0.15, 0.2) is 0 Å². The minimum absolute atomic E-state index is 0.0104. The minimum Gasteiger partial charge on any atom is -0.477 e. The van der Waals surface area contributed by atoms with E-state index >= 15 is 0 Å². The molecule has 3 aromatic carbocycles. The molecule has 0 saturated heterocycles. The summed E-state index contributed by atoms with van der Waals surface area (Å²) in [6.07, 6.45) is -4.90. The number of nitrogens with zero attached hydrogens (tertiary/aromatic N) is 2. The number of nitrogens with one attached hydrogen (secondary N) is 1. The maximum Gasteiger partial charge on any atom is 0.407 e. The van der Waals surface area contributed by atoms with Crippen molar-refractivity contribution in [2.24, 2.45) is 0 Å². The molecule has 0 amide bonds. The van der Waals surface area contributed by atoms with Gasteiger partial charge in [-0.2, -0.15) is 13.2 Å². The zero-order valence-electron chi connectivity index (χ0n) is 21.8. The molecule has 0 bridgehead atoms. The van der Waals surface area contributed by atoms with Crippen LogP contribution in [0.25, 0.3) is 27.0 Å². The number of hydrogen-bond donors (Lipinski definition) is 2. The van der Waals surface area contributed by atoms with Crippen LogP contribution in [0.4, 0.5) is 18.9 Å². The molecule has 0 aliphatic carbocycles. The first-order valence-electron chi connectivity index (χ1n) is 12.4. The largest absolute Gasteiger partial charge is 0.477 e. The number of rotatable bonds is 6. The van der Waals surface area contributed by atoms with E-state index in [1.54, 1.807) is 30.3 Å². The normalized spacial score (nSPS) is 11.4. The Morgan fingerprint density at radius 2 is 1.71 bits per heavy atom. The molecule has 5 rings (SSSR count). The third-order valence-electron chi connectivity index (χ3n) is 6.73. The van der Waals surface area contributed by atoms with Gasteiger partial charge in [0.05, 0.1) is 18.7 Å². The van der Waals surface area contributed by atoms with E-state index in [4.69, 9.17) is 11.3 Å². The van der Waals surface area contributed by atoms with Gasteiger partial charge >= 0.3 is 12.1 Å². The number of halogens is 3. The Morgan fingerprint density at radius 1 is 1.00 bits per heavy atom. The summed E-state index contributed by atoms with van der Waals surface area (Å²) in [5.41, 5.74) is 0.317. The van der Waals surface area contributed by atoms with Crippen molar-refractivity contribution in [2.45, 2.75) is 26.6 Å². The zero-order valence-corrected chi connectivity index (χ0v) is 21.8. The van der Waals surface area contributed by atoms with Crippen LogP contribution in [-0.2, 0) is 12.7 Å². The number of pyridine rings is 1. The van der Waals surface area contributed by atoms with Gasteiger partial charge in [0.2, 0.25) is 0 Å². The number of aryl methyl sites for hydroxylation is 2. The van der Waals surface area contributed by atoms with Crippen molar-refractivity contribution in [3.05, 3.63) is 123 Å². The van der Waals surface area contributed by atoms with Crippen LogP contribution in [0.1, 0.15) is 32.7 Å². The van der Waals surface area contributed by atoms with Gasteiger partial charge in [-0.15, -0.1) is 0 Å². The van der Waals surface area contributed by atoms with Crippen LogP contribution in [0.3, 0.4) is 0 Å². The van der Waals surface area contributed by atoms with Crippen LogP contribution in [0, 0.1) is 20.4 Å². The molecule has 0 aliphatic heterocycles. The molecule has 0 fully saturated rings. The molecule has 0 spiro atoms. The highest BCUT2D eigenvalue weighted by atomic mass is 19.4. The summed E-state index contributed by atoms with van der Waals surface area (Å²) in [5, 5.41) is 9.82. The van der Waals surface area contributed by atoms with Crippen LogP contribution in [-0.4, -0.2) is 20.6 Å². The maximum atomic E-state index is 13.9. The lowest BCUT2D eigenvalue weighted by Gasteiger charge is -2.19. The number of ether oxygens (including phenoxy) is 1. The standard InChI is InChI=1S/C31H22F3N3O4/c1-17-4-5-20(18(2)12-17)16-37-27(15-24(31(32,33)34)28(35-3)29(37)38)19-6-8-22(9-7-19)41-23-10-11-25-21(13-23)14-26(36-25)30(39)40/h4-15,36H,16H2,1-2H3,(H,39,40). The fraction of sp³-hybridized carbons (Fsp3) is 0.129. The van der Waals surface area contributed by atoms with E-state index in [0.29, 0.717) is 28.0 Å². The molecule has 10 heteroatoms. The van der Waals surface area contributed by atoms with Crippen molar-refractivity contribution >= 4 is 22.6 Å². The first-order chi connectivity index (χ1) is 19.4. The van der Waals surface area contributed by atoms with Crippen molar-refractivity contribution in [1.82, 2.24) is 9.55 Å². The van der Waals surface area contributed by atoms with Crippen molar-refractivity contribution in [3.8, 4) is 22.8 Å². The first-order valence-corrected chi connectivity index (χ1v) is 12.4. The molecule has 2 aromatic heterocycles. The Balaban J connectivity index is 1.55. The summed E-state index contributed by atoms with van der Waals surface area (Å²) in [4.78, 5) is 30.2. The van der Waals surface area contributed by atoms with Gasteiger partial charge in [-0.25, -0.2) is 9.64 Å². The Labute approximate surface area is 231 Å². The summed E-state index contributed by atoms with van der Waals surface area (Å²) in [7, 11) is 0. The second-order valence-electron chi connectivity index (χ2n) is 9.59. The molecule has 7 nitrogen and oxygen atoms in total. The molecule has 0 radical (unpaired) electrons. The molecule has 0 unspecified atom stereocenters. The van der Waals surface area contributed by atoms with E-state index in [0.717, 1.165) is 22.8 Å². The van der Waals surface area contributed by atoms with Gasteiger partial charge in [0.1, 0.15) is 17.2 Å². The number of alkyl halides is 3. The lowest BCUT2D eigenvalue weighted by atomic mass is 10.0. The Hall–Kier alpha value is -5.30. The van der Waals surface area contributed by atoms with Crippen molar-refractivity contribution < 1.29 is 27.8 Å². The second kappa shape index (κ2) is 10.4. The summed E-state index contributed by atoms with van der Waals surface area (Å²) in [6, 6.07) is 19.1. The predicted octanol–water partition coefficient (Wildman–Crippen LogP) is 7.72. The van der Waals surface area contributed by atoms with Crippen LogP contribution in [0.5, 0.6) is 11.5 Å². The lowest BCUT2D eigenvalue weighted by molar-refractivity contribution is -0.136. The van der Waals surface area contributed by atoms with E-state index < -0.39 is 29.0 Å². The van der Waals surface area contributed by atoms with E-state index in [1.807, 2.05) is 32.0 Å². The van der Waals surface area contributed by atoms with Crippen molar-refractivity contribution in [1.29, 1.82) is 0 Å². The topological polar surface area (TPSA) is 88.7 Å². The third-order valence-corrected chi connectivity index (χ3v) is 6.73. The number of aromatic carboxylic acids is 1. The number of carbonyl (C=O) groups is 1. The van der Waals surface area contributed by atoms with Crippen LogP contribution in [0.2, 0.25) is 0 Å². The smallest absolute Gasteiger partial charge is 0.407 e. The average molecular weight is 558 g/mol. The number of aromatic amines is 1. The molecule has 41 heavy (non-hydrogen) atoms. The van der Waals surface area contributed by atoms with Gasteiger partial charge in [-0.3, -0.25) is 4.79 Å². The SMILES string of the molecule is [C-]#[N+]c1c(C(F)(F)F)cc(-c2ccc(Oc3ccc4[nH]c(C(=O)O)cc4c3)cc2)n(Cc2ccc(C)cc2C)c1=O. The summed E-state index contributed by atoms with van der Waals surface area (Å²) >= 11 is 0. The number of benzene rings is 3. The van der Waals surface area contributed by atoms with Crippen LogP contribution in [0.15, 0.2) is 77.6 Å². The highest BCUT2D eigenvalue weighted by molar-refractivity contribution is 5.94. The van der Waals surface area contributed by atoms with Crippen molar-refractivity contribution in [3.63, 3.8) is 0 Å². The molecular formula is C31H22F3N3O4. The molecule has 206 valence electrons. The number of hydrogen-bond acceptors (Lipinski definition) is 3. The number of carboxylic acid groups (broad SMARTS) is 1. The minimum atomic E-state index is -4.90. The maximum absolute atomic E-state index is 13.9. The molecular weight excluding hydrogens is 535 g/mol. The molecule has 5 aromatic rings. The summed E-state index contributed by atoms with van der Waals surface area (Å²) in [5.74, 6) is -0.290. The quantitative estimate of drug-likeness (QED) is 0.209. The highest BCUT2D eigenvalue weighted by Gasteiger charge is 2.36. The number of aromatic nitrogens is 2. The fourth-order valence-corrected chi connectivity index (χ4v) is 4.67.